The van der Waals surface area contributed by atoms with Crippen molar-refractivity contribution in [1.82, 2.24) is 15.2 Å². The summed E-state index contributed by atoms with van der Waals surface area (Å²) in [6.07, 6.45) is 6.82. The van der Waals surface area contributed by atoms with Gasteiger partial charge in [0.25, 0.3) is 0 Å². The number of hydrogen-bond acceptors (Lipinski definition) is 6. The summed E-state index contributed by atoms with van der Waals surface area (Å²) in [5.74, 6) is 1.50. The summed E-state index contributed by atoms with van der Waals surface area (Å²) >= 11 is 0. The summed E-state index contributed by atoms with van der Waals surface area (Å²) in [6, 6.07) is 10.4. The van der Waals surface area contributed by atoms with E-state index in [-0.39, 0.29) is 6.61 Å². The predicted octanol–water partition coefficient (Wildman–Crippen LogP) is 3.55. The first-order valence-electron chi connectivity index (χ1n) is 12.3. The summed E-state index contributed by atoms with van der Waals surface area (Å²) in [5.41, 5.74) is 3.99. The van der Waals surface area contributed by atoms with Crippen molar-refractivity contribution in [3.63, 3.8) is 0 Å². The number of amides is 1. The van der Waals surface area contributed by atoms with Gasteiger partial charge in [-0.15, -0.1) is 0 Å². The SMILES string of the molecule is CCCN(CC)CC1CCN(c2ccc(Nc3cc(CO)c(CCNC=O)cn3)cc2)CC1. The van der Waals surface area contributed by atoms with Gasteiger partial charge >= 0.3 is 0 Å². The quantitative estimate of drug-likeness (QED) is 0.318. The number of carbonyl (C=O) groups is 1. The van der Waals surface area contributed by atoms with Crippen LogP contribution in [0.1, 0.15) is 44.2 Å². The van der Waals surface area contributed by atoms with E-state index in [2.05, 4.69) is 63.5 Å². The highest BCUT2D eigenvalue weighted by Crippen LogP contribution is 2.26. The van der Waals surface area contributed by atoms with E-state index in [1.54, 1.807) is 6.20 Å². The Hall–Kier alpha value is -2.64. The summed E-state index contributed by atoms with van der Waals surface area (Å²) in [6.45, 7) is 10.8. The molecular weight excluding hydrogens is 414 g/mol. The van der Waals surface area contributed by atoms with Crippen molar-refractivity contribution in [3.8, 4) is 0 Å². The first kappa shape index (κ1) is 25.0. The van der Waals surface area contributed by atoms with Crippen LogP contribution in [0.2, 0.25) is 0 Å². The van der Waals surface area contributed by atoms with Crippen LogP contribution in [0.3, 0.4) is 0 Å². The van der Waals surface area contributed by atoms with Crippen LogP contribution < -0.4 is 15.5 Å². The highest BCUT2D eigenvalue weighted by molar-refractivity contribution is 5.61. The van der Waals surface area contributed by atoms with Crippen LogP contribution in [0.4, 0.5) is 17.2 Å². The molecule has 0 unspecified atom stereocenters. The van der Waals surface area contributed by atoms with Gasteiger partial charge in [-0.1, -0.05) is 13.8 Å². The normalized spacial score (nSPS) is 14.5. The summed E-state index contributed by atoms with van der Waals surface area (Å²) in [5, 5.41) is 15.7. The third-order valence-electron chi connectivity index (χ3n) is 6.50. The topological polar surface area (TPSA) is 80.7 Å². The molecule has 1 fully saturated rings. The number of carbonyl (C=O) groups excluding carboxylic acids is 1. The molecule has 0 atom stereocenters. The Morgan fingerprint density at radius 1 is 1.18 bits per heavy atom. The van der Waals surface area contributed by atoms with Gasteiger partial charge in [0.2, 0.25) is 6.41 Å². The molecule has 7 heteroatoms. The number of rotatable bonds is 13. The van der Waals surface area contributed by atoms with Crippen LogP contribution in [0.5, 0.6) is 0 Å². The third-order valence-corrected chi connectivity index (χ3v) is 6.50. The molecule has 0 aliphatic carbocycles. The van der Waals surface area contributed by atoms with E-state index in [1.807, 2.05) is 6.07 Å². The molecule has 1 aromatic carbocycles. The van der Waals surface area contributed by atoms with Gasteiger partial charge < -0.3 is 25.5 Å². The number of benzene rings is 1. The Balaban J connectivity index is 1.53. The first-order chi connectivity index (χ1) is 16.2. The minimum atomic E-state index is -0.0586. The van der Waals surface area contributed by atoms with E-state index in [0.717, 1.165) is 42.4 Å². The second-order valence-electron chi connectivity index (χ2n) is 8.81. The predicted molar refractivity (Wildman–Crippen MR) is 135 cm³/mol. The summed E-state index contributed by atoms with van der Waals surface area (Å²) < 4.78 is 0. The van der Waals surface area contributed by atoms with Gasteiger partial charge in [-0.25, -0.2) is 4.98 Å². The van der Waals surface area contributed by atoms with Crippen molar-refractivity contribution in [3.05, 3.63) is 47.7 Å². The van der Waals surface area contributed by atoms with E-state index < -0.39 is 0 Å². The van der Waals surface area contributed by atoms with Crippen molar-refractivity contribution in [1.29, 1.82) is 0 Å². The number of pyridine rings is 1. The maximum Gasteiger partial charge on any atom is 0.207 e. The molecule has 1 aromatic heterocycles. The van der Waals surface area contributed by atoms with Crippen LogP contribution in [0, 0.1) is 5.92 Å². The van der Waals surface area contributed by atoms with Crippen molar-refractivity contribution < 1.29 is 9.90 Å². The number of piperidine rings is 1. The van der Waals surface area contributed by atoms with Gasteiger partial charge in [-0.3, -0.25) is 4.79 Å². The Kier molecular flexibility index (Phi) is 9.97. The lowest BCUT2D eigenvalue weighted by molar-refractivity contribution is -0.109. The molecule has 1 aliphatic rings. The number of aliphatic hydroxyl groups is 1. The standard InChI is InChI=1S/C26H39N5O2/c1-3-13-30(4-2)18-21-10-14-31(15-11-21)25-7-5-24(6-8-25)29-26-16-23(19-32)22(17-28-26)9-12-27-20-33/h5-8,16-17,20-21,32H,3-4,9-15,18-19H2,1-2H3,(H,27,33)(H,28,29). The fourth-order valence-electron chi connectivity index (χ4n) is 4.57. The van der Waals surface area contributed by atoms with Gasteiger partial charge in [-0.05, 0) is 86.1 Å². The van der Waals surface area contributed by atoms with E-state index in [1.165, 1.54) is 38.0 Å². The zero-order chi connectivity index (χ0) is 23.5. The number of anilines is 3. The molecular formula is C26H39N5O2. The van der Waals surface area contributed by atoms with Crippen LogP contribution in [0.15, 0.2) is 36.5 Å². The summed E-state index contributed by atoms with van der Waals surface area (Å²) in [4.78, 5) is 20.0. The molecule has 2 heterocycles. The van der Waals surface area contributed by atoms with E-state index in [0.29, 0.717) is 25.2 Å². The van der Waals surface area contributed by atoms with Gasteiger partial charge in [0.1, 0.15) is 5.82 Å². The lowest BCUT2D eigenvalue weighted by Gasteiger charge is -2.36. The van der Waals surface area contributed by atoms with Gasteiger partial charge in [-0.2, -0.15) is 0 Å². The Morgan fingerprint density at radius 3 is 2.58 bits per heavy atom. The molecule has 0 saturated carbocycles. The van der Waals surface area contributed by atoms with E-state index in [4.69, 9.17) is 0 Å². The lowest BCUT2D eigenvalue weighted by atomic mass is 9.95. The molecule has 0 bridgehead atoms. The largest absolute Gasteiger partial charge is 0.392 e. The third kappa shape index (κ3) is 7.44. The Bertz CT molecular complexity index is 850. The van der Waals surface area contributed by atoms with Gasteiger partial charge in [0.05, 0.1) is 6.61 Å². The highest BCUT2D eigenvalue weighted by Gasteiger charge is 2.21. The monoisotopic (exact) mass is 453 g/mol. The molecule has 3 N–H and O–H groups in total. The Morgan fingerprint density at radius 2 is 1.94 bits per heavy atom. The second-order valence-corrected chi connectivity index (χ2v) is 8.81. The molecule has 33 heavy (non-hydrogen) atoms. The minimum absolute atomic E-state index is 0.0586. The van der Waals surface area contributed by atoms with Crippen molar-refractivity contribution in [2.45, 2.75) is 46.1 Å². The lowest BCUT2D eigenvalue weighted by Crippen LogP contribution is -2.39. The molecule has 7 nitrogen and oxygen atoms in total. The molecule has 2 aromatic rings. The fraction of sp³-hybridized carbons (Fsp3) is 0.538. The Labute approximate surface area is 198 Å². The molecule has 0 radical (unpaired) electrons. The molecule has 180 valence electrons. The van der Waals surface area contributed by atoms with Crippen LogP contribution in [-0.4, -0.2) is 60.7 Å². The summed E-state index contributed by atoms with van der Waals surface area (Å²) in [7, 11) is 0. The van der Waals surface area contributed by atoms with Crippen molar-refractivity contribution in [2.75, 3.05) is 49.5 Å². The number of hydrogen-bond donors (Lipinski definition) is 3. The zero-order valence-electron chi connectivity index (χ0n) is 20.1. The number of aliphatic hydroxyl groups excluding tert-OH is 1. The van der Waals surface area contributed by atoms with E-state index >= 15 is 0 Å². The van der Waals surface area contributed by atoms with E-state index in [9.17, 15) is 9.90 Å². The average molecular weight is 454 g/mol. The maximum atomic E-state index is 10.4. The minimum Gasteiger partial charge on any atom is -0.392 e. The molecule has 1 amide bonds. The van der Waals surface area contributed by atoms with Crippen LogP contribution in [-0.2, 0) is 17.8 Å². The molecule has 0 spiro atoms. The van der Waals surface area contributed by atoms with Gasteiger partial charge in [0, 0.05) is 43.8 Å². The molecule has 1 saturated heterocycles. The highest BCUT2D eigenvalue weighted by atomic mass is 16.3. The second kappa shape index (κ2) is 13.2. The van der Waals surface area contributed by atoms with Crippen molar-refractivity contribution in [2.24, 2.45) is 5.92 Å². The van der Waals surface area contributed by atoms with Crippen LogP contribution in [0.25, 0.3) is 0 Å². The molecule has 3 rings (SSSR count). The average Bonchev–Trinajstić information content (AvgIpc) is 2.85. The van der Waals surface area contributed by atoms with Crippen molar-refractivity contribution >= 4 is 23.6 Å². The number of nitrogens with zero attached hydrogens (tertiary/aromatic N) is 3. The van der Waals surface area contributed by atoms with Gasteiger partial charge in [0.15, 0.2) is 0 Å². The first-order valence-corrected chi connectivity index (χ1v) is 12.3. The molecule has 1 aliphatic heterocycles. The zero-order valence-corrected chi connectivity index (χ0v) is 20.1. The fourth-order valence-corrected chi connectivity index (χ4v) is 4.57. The number of aromatic nitrogens is 1. The smallest absolute Gasteiger partial charge is 0.207 e. The maximum absolute atomic E-state index is 10.4. The van der Waals surface area contributed by atoms with Crippen LogP contribution >= 0.6 is 0 Å². The number of nitrogens with one attached hydrogen (secondary N) is 2.